The zero-order chi connectivity index (χ0) is 12.6. The molecule has 0 spiro atoms. The SMILES string of the molecule is CCCCCNC(=NCC1(O)CCC1)NCC. The van der Waals surface area contributed by atoms with E-state index in [1.165, 1.54) is 19.3 Å². The molecule has 0 aromatic rings. The maximum absolute atomic E-state index is 9.97. The van der Waals surface area contributed by atoms with Gasteiger partial charge in [0.25, 0.3) is 0 Å². The van der Waals surface area contributed by atoms with Gasteiger partial charge in [0.05, 0.1) is 12.1 Å². The number of nitrogens with one attached hydrogen (secondary N) is 2. The van der Waals surface area contributed by atoms with Gasteiger partial charge in [-0.15, -0.1) is 0 Å². The Hall–Kier alpha value is -0.770. The topological polar surface area (TPSA) is 56.7 Å². The number of hydrogen-bond donors (Lipinski definition) is 3. The summed E-state index contributed by atoms with van der Waals surface area (Å²) in [5, 5.41) is 16.5. The number of rotatable bonds is 7. The first kappa shape index (κ1) is 14.3. The molecule has 0 aromatic heterocycles. The molecule has 0 heterocycles. The molecule has 0 atom stereocenters. The third-order valence-corrected chi connectivity index (χ3v) is 3.23. The summed E-state index contributed by atoms with van der Waals surface area (Å²) < 4.78 is 0. The first-order valence-electron chi connectivity index (χ1n) is 6.95. The normalized spacial score (nSPS) is 18.6. The molecule has 1 aliphatic rings. The fraction of sp³-hybridized carbons (Fsp3) is 0.923. The van der Waals surface area contributed by atoms with Crippen LogP contribution < -0.4 is 10.6 Å². The number of aliphatic hydroxyl groups is 1. The van der Waals surface area contributed by atoms with Crippen LogP contribution in [0.1, 0.15) is 52.4 Å². The number of hydrogen-bond acceptors (Lipinski definition) is 2. The Morgan fingerprint density at radius 2 is 2.00 bits per heavy atom. The number of nitrogens with zero attached hydrogens (tertiary/aromatic N) is 1. The molecule has 3 N–H and O–H groups in total. The lowest BCUT2D eigenvalue weighted by molar-refractivity contribution is -0.0236. The minimum Gasteiger partial charge on any atom is -0.388 e. The minimum absolute atomic E-state index is 0.522. The van der Waals surface area contributed by atoms with E-state index in [-0.39, 0.29) is 0 Å². The molecule has 1 fully saturated rings. The van der Waals surface area contributed by atoms with Crippen molar-refractivity contribution in [3.63, 3.8) is 0 Å². The fourth-order valence-corrected chi connectivity index (χ4v) is 1.89. The monoisotopic (exact) mass is 241 g/mol. The highest BCUT2D eigenvalue weighted by molar-refractivity contribution is 5.79. The predicted molar refractivity (Wildman–Crippen MR) is 72.3 cm³/mol. The summed E-state index contributed by atoms with van der Waals surface area (Å²) in [5.74, 6) is 0.837. The first-order chi connectivity index (χ1) is 8.20. The van der Waals surface area contributed by atoms with Crippen LogP contribution in [0.5, 0.6) is 0 Å². The summed E-state index contributed by atoms with van der Waals surface area (Å²) in [5.41, 5.74) is -0.522. The van der Waals surface area contributed by atoms with Gasteiger partial charge < -0.3 is 15.7 Å². The van der Waals surface area contributed by atoms with Gasteiger partial charge in [-0.2, -0.15) is 0 Å². The van der Waals surface area contributed by atoms with Crippen LogP contribution in [0.4, 0.5) is 0 Å². The number of unbranched alkanes of at least 4 members (excludes halogenated alkanes) is 2. The van der Waals surface area contributed by atoms with Crippen LogP contribution in [0, 0.1) is 0 Å². The van der Waals surface area contributed by atoms with Gasteiger partial charge in [-0.05, 0) is 32.6 Å². The Bertz CT molecular complexity index is 237. The van der Waals surface area contributed by atoms with Gasteiger partial charge in [0.1, 0.15) is 0 Å². The molecule has 1 aliphatic carbocycles. The van der Waals surface area contributed by atoms with E-state index in [1.807, 2.05) is 0 Å². The van der Waals surface area contributed by atoms with E-state index >= 15 is 0 Å². The Kier molecular flexibility index (Phi) is 6.34. The van der Waals surface area contributed by atoms with Crippen LogP contribution in [0.3, 0.4) is 0 Å². The van der Waals surface area contributed by atoms with Gasteiger partial charge in [0.15, 0.2) is 5.96 Å². The van der Waals surface area contributed by atoms with E-state index in [0.29, 0.717) is 6.54 Å². The molecule has 0 radical (unpaired) electrons. The molecule has 0 aliphatic heterocycles. The smallest absolute Gasteiger partial charge is 0.191 e. The van der Waals surface area contributed by atoms with Crippen LogP contribution in [-0.4, -0.2) is 36.3 Å². The van der Waals surface area contributed by atoms with Crippen molar-refractivity contribution in [3.8, 4) is 0 Å². The maximum atomic E-state index is 9.97. The molecule has 100 valence electrons. The third-order valence-electron chi connectivity index (χ3n) is 3.23. The third kappa shape index (κ3) is 5.39. The number of guanidine groups is 1. The van der Waals surface area contributed by atoms with Crippen molar-refractivity contribution < 1.29 is 5.11 Å². The maximum Gasteiger partial charge on any atom is 0.191 e. The highest BCUT2D eigenvalue weighted by atomic mass is 16.3. The lowest BCUT2D eigenvalue weighted by atomic mass is 9.80. The average molecular weight is 241 g/mol. The van der Waals surface area contributed by atoms with Gasteiger partial charge in [0.2, 0.25) is 0 Å². The van der Waals surface area contributed by atoms with Gasteiger partial charge in [0, 0.05) is 13.1 Å². The number of aliphatic imine (C=N–C) groups is 1. The summed E-state index contributed by atoms with van der Waals surface area (Å²) in [6.45, 7) is 6.60. The fourth-order valence-electron chi connectivity index (χ4n) is 1.89. The lowest BCUT2D eigenvalue weighted by Gasteiger charge is -2.35. The van der Waals surface area contributed by atoms with E-state index in [4.69, 9.17) is 0 Å². The van der Waals surface area contributed by atoms with Gasteiger partial charge in [-0.3, -0.25) is 4.99 Å². The van der Waals surface area contributed by atoms with E-state index in [9.17, 15) is 5.11 Å². The van der Waals surface area contributed by atoms with Crippen molar-refractivity contribution >= 4 is 5.96 Å². The van der Waals surface area contributed by atoms with Crippen molar-refractivity contribution in [2.24, 2.45) is 4.99 Å². The summed E-state index contributed by atoms with van der Waals surface area (Å²) in [6.07, 6.45) is 6.57. The zero-order valence-electron chi connectivity index (χ0n) is 11.3. The first-order valence-corrected chi connectivity index (χ1v) is 6.95. The van der Waals surface area contributed by atoms with Crippen LogP contribution in [-0.2, 0) is 0 Å². The Morgan fingerprint density at radius 1 is 1.24 bits per heavy atom. The predicted octanol–water partition coefficient (Wildman–Crippen LogP) is 1.65. The van der Waals surface area contributed by atoms with Gasteiger partial charge >= 0.3 is 0 Å². The quantitative estimate of drug-likeness (QED) is 0.361. The Labute approximate surface area is 105 Å². The van der Waals surface area contributed by atoms with Gasteiger partial charge in [-0.25, -0.2) is 0 Å². The zero-order valence-corrected chi connectivity index (χ0v) is 11.3. The van der Waals surface area contributed by atoms with Crippen LogP contribution in [0.2, 0.25) is 0 Å². The van der Waals surface area contributed by atoms with Crippen molar-refractivity contribution in [1.82, 2.24) is 10.6 Å². The van der Waals surface area contributed by atoms with Crippen molar-refractivity contribution in [3.05, 3.63) is 0 Å². The molecule has 0 bridgehead atoms. The molecule has 4 nitrogen and oxygen atoms in total. The second-order valence-corrected chi connectivity index (χ2v) is 4.91. The van der Waals surface area contributed by atoms with E-state index in [0.717, 1.165) is 38.3 Å². The van der Waals surface area contributed by atoms with E-state index in [2.05, 4.69) is 29.5 Å². The lowest BCUT2D eigenvalue weighted by Crippen LogP contribution is -2.43. The molecular formula is C13H27N3O. The van der Waals surface area contributed by atoms with Crippen molar-refractivity contribution in [2.75, 3.05) is 19.6 Å². The highest BCUT2D eigenvalue weighted by Crippen LogP contribution is 2.31. The Morgan fingerprint density at radius 3 is 2.53 bits per heavy atom. The average Bonchev–Trinajstić information content (AvgIpc) is 2.29. The van der Waals surface area contributed by atoms with Crippen molar-refractivity contribution in [1.29, 1.82) is 0 Å². The molecule has 1 saturated carbocycles. The Balaban J connectivity index is 2.27. The summed E-state index contributed by atoms with van der Waals surface area (Å²) in [4.78, 5) is 4.45. The second-order valence-electron chi connectivity index (χ2n) is 4.91. The summed E-state index contributed by atoms with van der Waals surface area (Å²) >= 11 is 0. The van der Waals surface area contributed by atoms with Crippen LogP contribution in [0.15, 0.2) is 4.99 Å². The standard InChI is InChI=1S/C13H27N3O/c1-3-5-6-10-15-12(14-4-2)16-11-13(17)8-7-9-13/h17H,3-11H2,1-2H3,(H2,14,15,16). The van der Waals surface area contributed by atoms with Crippen LogP contribution in [0.25, 0.3) is 0 Å². The van der Waals surface area contributed by atoms with Crippen molar-refractivity contribution in [2.45, 2.75) is 58.0 Å². The summed E-state index contributed by atoms with van der Waals surface area (Å²) in [6, 6.07) is 0. The molecule has 1 rings (SSSR count). The highest BCUT2D eigenvalue weighted by Gasteiger charge is 2.34. The molecule has 4 heteroatoms. The minimum atomic E-state index is -0.522. The molecule has 17 heavy (non-hydrogen) atoms. The second kappa shape index (κ2) is 7.54. The van der Waals surface area contributed by atoms with E-state index < -0.39 is 5.60 Å². The molecule has 0 aromatic carbocycles. The van der Waals surface area contributed by atoms with Gasteiger partial charge in [-0.1, -0.05) is 19.8 Å². The van der Waals surface area contributed by atoms with E-state index in [1.54, 1.807) is 0 Å². The molecular weight excluding hydrogens is 214 g/mol. The molecule has 0 unspecified atom stereocenters. The molecule has 0 amide bonds. The molecule has 0 saturated heterocycles. The summed E-state index contributed by atoms with van der Waals surface area (Å²) in [7, 11) is 0. The van der Waals surface area contributed by atoms with Crippen LogP contribution >= 0.6 is 0 Å². The largest absolute Gasteiger partial charge is 0.388 e.